The molecule has 0 bridgehead atoms. The predicted octanol–water partition coefficient (Wildman–Crippen LogP) is 3.24. The van der Waals surface area contributed by atoms with Gasteiger partial charge in [-0.1, -0.05) is 11.6 Å². The first-order valence-corrected chi connectivity index (χ1v) is 6.05. The molecule has 0 atom stereocenters. The van der Waals surface area contributed by atoms with Crippen LogP contribution in [0.3, 0.4) is 0 Å². The van der Waals surface area contributed by atoms with Gasteiger partial charge in [-0.3, -0.25) is 4.79 Å². The molecule has 1 aromatic heterocycles. The number of aromatic nitrogens is 1. The summed E-state index contributed by atoms with van der Waals surface area (Å²) < 4.78 is 5.71. The number of aryl methyl sites for hydroxylation is 2. The highest BCUT2D eigenvalue weighted by Gasteiger charge is 2.10. The molecule has 2 N–H and O–H groups in total. The van der Waals surface area contributed by atoms with Gasteiger partial charge in [0.1, 0.15) is 5.75 Å². The Labute approximate surface area is 116 Å². The molecule has 98 valence electrons. The SMILES string of the molecule is Cc1cc(C(N)=O)cc(C)c1Oc1ccc(Cl)cn1. The van der Waals surface area contributed by atoms with Gasteiger partial charge in [-0.2, -0.15) is 0 Å². The predicted molar refractivity (Wildman–Crippen MR) is 73.8 cm³/mol. The lowest BCUT2D eigenvalue weighted by molar-refractivity contribution is 0.1000. The van der Waals surface area contributed by atoms with Crippen LogP contribution in [-0.4, -0.2) is 10.9 Å². The molecule has 0 aliphatic heterocycles. The molecule has 0 unspecified atom stereocenters. The summed E-state index contributed by atoms with van der Waals surface area (Å²) in [4.78, 5) is 15.2. The first kappa shape index (κ1) is 13.4. The summed E-state index contributed by atoms with van der Waals surface area (Å²) in [6.45, 7) is 3.70. The minimum absolute atomic E-state index is 0.447. The van der Waals surface area contributed by atoms with E-state index >= 15 is 0 Å². The molecule has 0 radical (unpaired) electrons. The van der Waals surface area contributed by atoms with Crippen molar-refractivity contribution in [2.45, 2.75) is 13.8 Å². The number of benzene rings is 1. The van der Waals surface area contributed by atoms with Gasteiger partial charge in [0, 0.05) is 17.8 Å². The van der Waals surface area contributed by atoms with Crippen molar-refractivity contribution in [3.63, 3.8) is 0 Å². The zero-order valence-corrected chi connectivity index (χ0v) is 11.4. The molecule has 2 rings (SSSR count). The largest absolute Gasteiger partial charge is 0.438 e. The highest BCUT2D eigenvalue weighted by molar-refractivity contribution is 6.30. The van der Waals surface area contributed by atoms with Crippen LogP contribution in [0.2, 0.25) is 5.02 Å². The van der Waals surface area contributed by atoms with Crippen molar-refractivity contribution in [1.82, 2.24) is 4.98 Å². The molecule has 1 aromatic carbocycles. The van der Waals surface area contributed by atoms with Crippen molar-refractivity contribution in [3.05, 3.63) is 52.2 Å². The van der Waals surface area contributed by atoms with Crippen LogP contribution in [0.25, 0.3) is 0 Å². The third kappa shape index (κ3) is 3.03. The van der Waals surface area contributed by atoms with E-state index < -0.39 is 5.91 Å². The molecule has 1 amide bonds. The molecule has 1 heterocycles. The van der Waals surface area contributed by atoms with Crippen LogP contribution < -0.4 is 10.5 Å². The van der Waals surface area contributed by atoms with E-state index in [4.69, 9.17) is 22.1 Å². The molecular formula is C14H13ClN2O2. The van der Waals surface area contributed by atoms with Gasteiger partial charge in [-0.15, -0.1) is 0 Å². The highest BCUT2D eigenvalue weighted by Crippen LogP contribution is 2.29. The lowest BCUT2D eigenvalue weighted by Crippen LogP contribution is -2.11. The molecule has 19 heavy (non-hydrogen) atoms. The maximum Gasteiger partial charge on any atom is 0.248 e. The van der Waals surface area contributed by atoms with Crippen LogP contribution in [0.15, 0.2) is 30.5 Å². The summed E-state index contributed by atoms with van der Waals surface area (Å²) in [5, 5.41) is 0.546. The zero-order valence-electron chi connectivity index (χ0n) is 10.6. The van der Waals surface area contributed by atoms with E-state index in [9.17, 15) is 4.79 Å². The van der Waals surface area contributed by atoms with Crippen molar-refractivity contribution < 1.29 is 9.53 Å². The van der Waals surface area contributed by atoms with Crippen molar-refractivity contribution in [1.29, 1.82) is 0 Å². The number of halogens is 1. The Morgan fingerprint density at radius 2 is 1.89 bits per heavy atom. The quantitative estimate of drug-likeness (QED) is 0.936. The van der Waals surface area contributed by atoms with Crippen LogP contribution in [0.4, 0.5) is 0 Å². The van der Waals surface area contributed by atoms with E-state index in [-0.39, 0.29) is 0 Å². The van der Waals surface area contributed by atoms with Crippen LogP contribution in [0, 0.1) is 13.8 Å². The number of carbonyl (C=O) groups excluding carboxylic acids is 1. The van der Waals surface area contributed by atoms with Crippen molar-refractivity contribution in [3.8, 4) is 11.6 Å². The summed E-state index contributed by atoms with van der Waals surface area (Å²) >= 11 is 5.76. The summed E-state index contributed by atoms with van der Waals surface area (Å²) in [7, 11) is 0. The molecule has 0 saturated carbocycles. The number of rotatable bonds is 3. The number of nitrogens with zero attached hydrogens (tertiary/aromatic N) is 1. The number of primary amides is 1. The Bertz CT molecular complexity index is 601. The Morgan fingerprint density at radius 3 is 2.37 bits per heavy atom. The number of pyridine rings is 1. The van der Waals surface area contributed by atoms with Gasteiger partial charge in [0.2, 0.25) is 11.8 Å². The Kier molecular flexibility index (Phi) is 3.71. The molecular weight excluding hydrogens is 264 g/mol. The molecule has 2 aromatic rings. The lowest BCUT2D eigenvalue weighted by Gasteiger charge is -2.12. The summed E-state index contributed by atoms with van der Waals surface area (Å²) in [5.74, 6) is 0.657. The molecule has 0 spiro atoms. The average molecular weight is 277 g/mol. The van der Waals surface area contributed by atoms with Gasteiger partial charge >= 0.3 is 0 Å². The Morgan fingerprint density at radius 1 is 1.26 bits per heavy atom. The molecule has 0 aliphatic carbocycles. The van der Waals surface area contributed by atoms with Gasteiger partial charge in [0.15, 0.2) is 0 Å². The number of amides is 1. The van der Waals surface area contributed by atoms with Gasteiger partial charge in [0.05, 0.1) is 5.02 Å². The maximum absolute atomic E-state index is 11.2. The van der Waals surface area contributed by atoms with E-state index in [1.165, 1.54) is 6.20 Å². The highest BCUT2D eigenvalue weighted by atomic mass is 35.5. The molecule has 0 saturated heterocycles. The van der Waals surface area contributed by atoms with Crippen LogP contribution in [-0.2, 0) is 0 Å². The monoisotopic (exact) mass is 276 g/mol. The topological polar surface area (TPSA) is 65.2 Å². The lowest BCUT2D eigenvalue weighted by atomic mass is 10.1. The van der Waals surface area contributed by atoms with Gasteiger partial charge in [-0.05, 0) is 43.2 Å². The zero-order chi connectivity index (χ0) is 14.0. The number of ether oxygens (including phenoxy) is 1. The number of nitrogens with two attached hydrogens (primary N) is 1. The van der Waals surface area contributed by atoms with Crippen molar-refractivity contribution in [2.24, 2.45) is 5.73 Å². The number of carbonyl (C=O) groups is 1. The molecule has 4 nitrogen and oxygen atoms in total. The number of hydrogen-bond acceptors (Lipinski definition) is 3. The Balaban J connectivity index is 2.35. The third-order valence-electron chi connectivity index (χ3n) is 2.65. The van der Waals surface area contributed by atoms with E-state index in [2.05, 4.69) is 4.98 Å². The van der Waals surface area contributed by atoms with Gasteiger partial charge in [0.25, 0.3) is 0 Å². The van der Waals surface area contributed by atoms with Crippen LogP contribution in [0.1, 0.15) is 21.5 Å². The van der Waals surface area contributed by atoms with E-state index in [0.717, 1.165) is 11.1 Å². The normalized spacial score (nSPS) is 10.3. The fourth-order valence-corrected chi connectivity index (χ4v) is 1.89. The first-order valence-electron chi connectivity index (χ1n) is 5.68. The van der Waals surface area contributed by atoms with Crippen molar-refractivity contribution in [2.75, 3.05) is 0 Å². The van der Waals surface area contributed by atoms with Crippen LogP contribution >= 0.6 is 11.6 Å². The van der Waals surface area contributed by atoms with Gasteiger partial charge in [-0.25, -0.2) is 4.98 Å². The maximum atomic E-state index is 11.2. The smallest absolute Gasteiger partial charge is 0.248 e. The second kappa shape index (κ2) is 5.28. The molecule has 0 fully saturated rings. The molecule has 5 heteroatoms. The summed E-state index contributed by atoms with van der Waals surface area (Å²) in [6.07, 6.45) is 1.51. The van der Waals surface area contributed by atoms with Crippen molar-refractivity contribution >= 4 is 17.5 Å². The first-order chi connectivity index (χ1) is 8.97. The second-order valence-electron chi connectivity index (χ2n) is 4.22. The van der Waals surface area contributed by atoms with Gasteiger partial charge < -0.3 is 10.5 Å². The standard InChI is InChI=1S/C14H13ClN2O2/c1-8-5-10(14(16)18)6-9(2)13(8)19-12-4-3-11(15)7-17-12/h3-7H,1-2H3,(H2,16,18). The fourth-order valence-electron chi connectivity index (χ4n) is 1.78. The number of hydrogen-bond donors (Lipinski definition) is 1. The molecule has 0 aliphatic rings. The average Bonchev–Trinajstić information content (AvgIpc) is 2.35. The van der Waals surface area contributed by atoms with E-state index in [1.54, 1.807) is 24.3 Å². The van der Waals surface area contributed by atoms with E-state index in [1.807, 2.05) is 13.8 Å². The minimum atomic E-state index is -0.456. The Hall–Kier alpha value is -2.07. The minimum Gasteiger partial charge on any atom is -0.438 e. The van der Waals surface area contributed by atoms with Crippen LogP contribution in [0.5, 0.6) is 11.6 Å². The fraction of sp³-hybridized carbons (Fsp3) is 0.143. The second-order valence-corrected chi connectivity index (χ2v) is 4.66. The summed E-state index contributed by atoms with van der Waals surface area (Å²) in [6, 6.07) is 6.77. The van der Waals surface area contributed by atoms with E-state index in [0.29, 0.717) is 22.2 Å². The summed E-state index contributed by atoms with van der Waals surface area (Å²) in [5.41, 5.74) is 7.38. The third-order valence-corrected chi connectivity index (χ3v) is 2.88.